The van der Waals surface area contributed by atoms with Crippen LogP contribution in [0.15, 0.2) is 0 Å². The van der Waals surface area contributed by atoms with Crippen LogP contribution in [0.2, 0.25) is 0 Å². The summed E-state index contributed by atoms with van der Waals surface area (Å²) in [6.45, 7) is 4.47. The van der Waals surface area contributed by atoms with Gasteiger partial charge in [-0.3, -0.25) is 0 Å². The van der Waals surface area contributed by atoms with Gasteiger partial charge in [0.2, 0.25) is 0 Å². The van der Waals surface area contributed by atoms with Gasteiger partial charge in [0.05, 0.1) is 7.80 Å². The molecule has 0 aromatic carbocycles. The molecule has 2 heteroatoms. The zero-order valence-electron chi connectivity index (χ0n) is 11.4. The Hall–Kier alpha value is 0.230. The first kappa shape index (κ1) is 16.2. The number of rotatable bonds is 12. The van der Waals surface area contributed by atoms with Crippen molar-refractivity contribution in [3.63, 3.8) is 0 Å². The minimum atomic E-state index is -1.21. The van der Waals surface area contributed by atoms with Gasteiger partial charge in [0.1, 0.15) is 0 Å². The first-order chi connectivity index (χ1) is 7.81. The van der Waals surface area contributed by atoms with Crippen molar-refractivity contribution in [3.8, 4) is 0 Å². The molecule has 0 aliphatic rings. The molecule has 0 fully saturated rings. The zero-order chi connectivity index (χ0) is 12.1. The van der Waals surface area contributed by atoms with Crippen LogP contribution in [0, 0.1) is 0 Å². The molecule has 0 bridgehead atoms. The summed E-state index contributed by atoms with van der Waals surface area (Å²) < 4.78 is 11.7. The van der Waals surface area contributed by atoms with E-state index in [1.807, 2.05) is 0 Å². The molecule has 0 heterocycles. The van der Waals surface area contributed by atoms with Crippen LogP contribution in [-0.2, 0) is 4.57 Å². The summed E-state index contributed by atoms with van der Waals surface area (Å²) in [4.78, 5) is 0. The van der Waals surface area contributed by atoms with E-state index in [9.17, 15) is 4.57 Å². The molecule has 1 nitrogen and oxygen atoms in total. The van der Waals surface area contributed by atoms with E-state index in [0.29, 0.717) is 0 Å². The maximum absolute atomic E-state index is 11.7. The van der Waals surface area contributed by atoms with Crippen molar-refractivity contribution in [1.29, 1.82) is 0 Å². The third-order valence-electron chi connectivity index (χ3n) is 3.12. The molecular weight excluding hydrogens is 215 g/mol. The molecule has 0 N–H and O–H groups in total. The molecule has 0 rings (SSSR count). The summed E-state index contributed by atoms with van der Waals surface area (Å²) in [6, 6.07) is 0. The zero-order valence-corrected chi connectivity index (χ0v) is 12.4. The van der Waals surface area contributed by atoms with Gasteiger partial charge in [-0.05, 0) is 25.2 Å². The van der Waals surface area contributed by atoms with Gasteiger partial charge >= 0.3 is 0 Å². The van der Waals surface area contributed by atoms with Gasteiger partial charge in [-0.1, -0.05) is 65.2 Å². The van der Waals surface area contributed by atoms with Gasteiger partial charge in [0.25, 0.3) is 0 Å². The van der Waals surface area contributed by atoms with Crippen LogP contribution in [0.25, 0.3) is 0 Å². The first-order valence-electron chi connectivity index (χ1n) is 7.33. The van der Waals surface area contributed by atoms with Crippen LogP contribution in [-0.4, -0.2) is 12.3 Å². The van der Waals surface area contributed by atoms with Gasteiger partial charge in [-0.15, -0.1) is 0 Å². The van der Waals surface area contributed by atoms with E-state index in [2.05, 4.69) is 13.8 Å². The average Bonchev–Trinajstić information content (AvgIpc) is 2.28. The molecular formula is C14H31OP. The smallest absolute Gasteiger partial charge is 0.0762 e. The first-order valence-corrected chi connectivity index (χ1v) is 9.15. The van der Waals surface area contributed by atoms with Crippen LogP contribution >= 0.6 is 7.80 Å². The highest BCUT2D eigenvalue weighted by Gasteiger charge is 1.99. The summed E-state index contributed by atoms with van der Waals surface area (Å²) in [5, 5.41) is 0. The Bertz CT molecular complexity index is 141. The minimum absolute atomic E-state index is 1.02. The fourth-order valence-electron chi connectivity index (χ4n) is 1.98. The summed E-state index contributed by atoms with van der Waals surface area (Å²) in [7, 11) is -1.21. The second-order valence-corrected chi connectivity index (χ2v) is 6.94. The molecule has 0 saturated carbocycles. The Morgan fingerprint density at radius 1 is 0.625 bits per heavy atom. The Balaban J connectivity index is 3.12. The Kier molecular flexibility index (Phi) is 13.5. The number of unbranched alkanes of at least 4 members (excludes halogenated alkanes) is 8. The SMILES string of the molecule is CCCCCCC[PH](=O)CCCCCCC. The van der Waals surface area contributed by atoms with Gasteiger partial charge in [0, 0.05) is 0 Å². The van der Waals surface area contributed by atoms with E-state index in [1.165, 1.54) is 64.2 Å². The predicted octanol–water partition coefficient (Wildman–Crippen LogP) is 5.49. The third kappa shape index (κ3) is 12.3. The second-order valence-electron chi connectivity index (χ2n) is 4.87. The molecule has 0 aromatic rings. The highest BCUT2D eigenvalue weighted by molar-refractivity contribution is 7.44. The molecule has 0 aliphatic heterocycles. The van der Waals surface area contributed by atoms with Gasteiger partial charge in [-0.2, -0.15) is 0 Å². The fourth-order valence-corrected chi connectivity index (χ4v) is 3.52. The van der Waals surface area contributed by atoms with Crippen molar-refractivity contribution in [2.75, 3.05) is 12.3 Å². The van der Waals surface area contributed by atoms with Crippen LogP contribution in [0.3, 0.4) is 0 Å². The Morgan fingerprint density at radius 3 is 1.38 bits per heavy atom. The van der Waals surface area contributed by atoms with Crippen molar-refractivity contribution in [2.45, 2.75) is 78.1 Å². The highest BCUT2D eigenvalue weighted by atomic mass is 31.1. The lowest BCUT2D eigenvalue weighted by Crippen LogP contribution is -1.86. The maximum atomic E-state index is 11.7. The molecule has 98 valence electrons. The van der Waals surface area contributed by atoms with Crippen LogP contribution in [0.5, 0.6) is 0 Å². The normalized spacial score (nSPS) is 11.2. The molecule has 0 unspecified atom stereocenters. The molecule has 0 aliphatic carbocycles. The maximum Gasteiger partial charge on any atom is 0.0762 e. The quantitative estimate of drug-likeness (QED) is 0.329. The predicted molar refractivity (Wildman–Crippen MR) is 76.3 cm³/mol. The lowest BCUT2D eigenvalue weighted by molar-refractivity contribution is 0.577. The number of hydrogen-bond donors (Lipinski definition) is 0. The van der Waals surface area contributed by atoms with E-state index < -0.39 is 7.80 Å². The second kappa shape index (κ2) is 13.3. The topological polar surface area (TPSA) is 17.1 Å². The lowest BCUT2D eigenvalue weighted by atomic mass is 10.2. The molecule has 0 saturated heterocycles. The molecule has 0 amide bonds. The van der Waals surface area contributed by atoms with Crippen molar-refractivity contribution < 1.29 is 4.57 Å². The van der Waals surface area contributed by atoms with Crippen molar-refractivity contribution in [3.05, 3.63) is 0 Å². The average molecular weight is 246 g/mol. The van der Waals surface area contributed by atoms with E-state index in [-0.39, 0.29) is 0 Å². The molecule has 0 atom stereocenters. The third-order valence-corrected chi connectivity index (χ3v) is 4.94. The minimum Gasteiger partial charge on any atom is -0.327 e. The molecule has 0 spiro atoms. The van der Waals surface area contributed by atoms with E-state index in [0.717, 1.165) is 12.3 Å². The van der Waals surface area contributed by atoms with E-state index in [4.69, 9.17) is 0 Å². The van der Waals surface area contributed by atoms with Crippen LogP contribution in [0.1, 0.15) is 78.1 Å². The van der Waals surface area contributed by atoms with Gasteiger partial charge in [0.15, 0.2) is 0 Å². The summed E-state index contributed by atoms with van der Waals surface area (Å²) in [5.74, 6) is 0. The Labute approximate surface area is 103 Å². The molecule has 16 heavy (non-hydrogen) atoms. The largest absolute Gasteiger partial charge is 0.327 e. The molecule has 0 aromatic heterocycles. The molecule has 0 radical (unpaired) electrons. The van der Waals surface area contributed by atoms with Crippen LogP contribution in [0.4, 0.5) is 0 Å². The number of hydrogen-bond acceptors (Lipinski definition) is 1. The lowest BCUT2D eigenvalue weighted by Gasteiger charge is -2.02. The van der Waals surface area contributed by atoms with Gasteiger partial charge in [-0.25, -0.2) is 0 Å². The summed E-state index contributed by atoms with van der Waals surface area (Å²) in [5.41, 5.74) is 0. The highest BCUT2D eigenvalue weighted by Crippen LogP contribution is 2.25. The fraction of sp³-hybridized carbons (Fsp3) is 1.00. The Morgan fingerprint density at radius 2 is 1.00 bits per heavy atom. The van der Waals surface area contributed by atoms with E-state index >= 15 is 0 Å². The van der Waals surface area contributed by atoms with E-state index in [1.54, 1.807) is 0 Å². The van der Waals surface area contributed by atoms with Crippen molar-refractivity contribution >= 4 is 7.80 Å². The summed E-state index contributed by atoms with van der Waals surface area (Å²) in [6.07, 6.45) is 15.0. The van der Waals surface area contributed by atoms with Gasteiger partial charge < -0.3 is 4.57 Å². The summed E-state index contributed by atoms with van der Waals surface area (Å²) >= 11 is 0. The monoisotopic (exact) mass is 246 g/mol. The standard InChI is InChI=1S/C14H31OP/c1-3-5-7-9-11-13-16(15)14-12-10-8-6-4-2/h16H,3-14H2,1-2H3. The van der Waals surface area contributed by atoms with Crippen molar-refractivity contribution in [1.82, 2.24) is 0 Å². The van der Waals surface area contributed by atoms with Crippen LogP contribution < -0.4 is 0 Å². The van der Waals surface area contributed by atoms with Crippen molar-refractivity contribution in [2.24, 2.45) is 0 Å².